The second-order valence-electron chi connectivity index (χ2n) is 5.43. The molecule has 3 heteroatoms. The maximum atomic E-state index is 11.5. The number of amides is 1. The van der Waals surface area contributed by atoms with Crippen LogP contribution in [0.4, 0.5) is 0 Å². The SMILES string of the molecule is C[C@H](NCCN1CCCC1=O)[C@H](C)c1ccccc1. The van der Waals surface area contributed by atoms with E-state index in [0.717, 1.165) is 32.5 Å². The molecular formula is C16H24N2O. The third-order valence-corrected chi connectivity index (χ3v) is 4.09. The van der Waals surface area contributed by atoms with Gasteiger partial charge in [-0.1, -0.05) is 37.3 Å². The molecule has 0 aromatic heterocycles. The molecule has 0 radical (unpaired) electrons. The number of nitrogens with zero attached hydrogens (tertiary/aromatic N) is 1. The van der Waals surface area contributed by atoms with Crippen LogP contribution in [0, 0.1) is 0 Å². The molecule has 2 rings (SSSR count). The van der Waals surface area contributed by atoms with Crippen LogP contribution >= 0.6 is 0 Å². The third-order valence-electron chi connectivity index (χ3n) is 4.09. The van der Waals surface area contributed by atoms with Crippen molar-refractivity contribution >= 4 is 5.91 Å². The van der Waals surface area contributed by atoms with E-state index in [1.165, 1.54) is 5.56 Å². The summed E-state index contributed by atoms with van der Waals surface area (Å²) >= 11 is 0. The first-order valence-corrected chi connectivity index (χ1v) is 7.24. The number of nitrogens with one attached hydrogen (secondary N) is 1. The predicted octanol–water partition coefficient (Wildman–Crippen LogP) is 2.39. The molecule has 0 saturated carbocycles. The lowest BCUT2D eigenvalue weighted by atomic mass is 9.94. The van der Waals surface area contributed by atoms with Gasteiger partial charge in [-0.25, -0.2) is 0 Å². The van der Waals surface area contributed by atoms with Gasteiger partial charge in [-0.3, -0.25) is 4.79 Å². The van der Waals surface area contributed by atoms with Gasteiger partial charge in [0, 0.05) is 32.1 Å². The number of carbonyl (C=O) groups is 1. The van der Waals surface area contributed by atoms with Crippen molar-refractivity contribution in [3.8, 4) is 0 Å². The maximum absolute atomic E-state index is 11.5. The molecule has 2 atom stereocenters. The van der Waals surface area contributed by atoms with E-state index in [1.807, 2.05) is 11.0 Å². The molecule has 1 fully saturated rings. The molecule has 0 aliphatic carbocycles. The highest BCUT2D eigenvalue weighted by molar-refractivity contribution is 5.78. The lowest BCUT2D eigenvalue weighted by Gasteiger charge is -2.23. The molecule has 1 heterocycles. The highest BCUT2D eigenvalue weighted by atomic mass is 16.2. The molecule has 104 valence electrons. The first-order valence-electron chi connectivity index (χ1n) is 7.24. The van der Waals surface area contributed by atoms with E-state index in [2.05, 4.69) is 43.4 Å². The summed E-state index contributed by atoms with van der Waals surface area (Å²) in [5, 5.41) is 3.53. The maximum Gasteiger partial charge on any atom is 0.222 e. The van der Waals surface area contributed by atoms with Crippen LogP contribution in [0.3, 0.4) is 0 Å². The number of hydrogen-bond donors (Lipinski definition) is 1. The highest BCUT2D eigenvalue weighted by Crippen LogP contribution is 2.18. The number of rotatable bonds is 6. The van der Waals surface area contributed by atoms with Gasteiger partial charge in [0.1, 0.15) is 0 Å². The number of carbonyl (C=O) groups excluding carboxylic acids is 1. The van der Waals surface area contributed by atoms with Crippen molar-refractivity contribution in [3.63, 3.8) is 0 Å². The average Bonchev–Trinajstić information content (AvgIpc) is 2.84. The molecule has 1 amide bonds. The zero-order chi connectivity index (χ0) is 13.7. The van der Waals surface area contributed by atoms with Gasteiger partial charge in [-0.2, -0.15) is 0 Å². The van der Waals surface area contributed by atoms with Crippen LogP contribution in [-0.4, -0.2) is 36.5 Å². The smallest absolute Gasteiger partial charge is 0.222 e. The average molecular weight is 260 g/mol. The second kappa shape index (κ2) is 6.71. The Morgan fingerprint density at radius 1 is 1.26 bits per heavy atom. The number of hydrogen-bond acceptors (Lipinski definition) is 2. The van der Waals surface area contributed by atoms with Gasteiger partial charge < -0.3 is 10.2 Å². The van der Waals surface area contributed by atoms with Crippen molar-refractivity contribution in [1.82, 2.24) is 10.2 Å². The Balaban J connectivity index is 1.75. The first-order chi connectivity index (χ1) is 9.18. The predicted molar refractivity (Wildman–Crippen MR) is 78.1 cm³/mol. The molecule has 0 bridgehead atoms. The van der Waals surface area contributed by atoms with Gasteiger partial charge in [0.05, 0.1) is 0 Å². The van der Waals surface area contributed by atoms with Gasteiger partial charge in [-0.15, -0.1) is 0 Å². The molecule has 0 spiro atoms. The molecule has 1 saturated heterocycles. The number of likely N-dealkylation sites (tertiary alicyclic amines) is 1. The zero-order valence-electron chi connectivity index (χ0n) is 11.9. The summed E-state index contributed by atoms with van der Waals surface area (Å²) in [6.45, 7) is 7.11. The van der Waals surface area contributed by atoms with Crippen LogP contribution in [0.25, 0.3) is 0 Å². The van der Waals surface area contributed by atoms with Crippen LogP contribution in [0.1, 0.15) is 38.2 Å². The Hall–Kier alpha value is -1.35. The zero-order valence-corrected chi connectivity index (χ0v) is 11.9. The van der Waals surface area contributed by atoms with E-state index < -0.39 is 0 Å². The van der Waals surface area contributed by atoms with E-state index in [9.17, 15) is 4.79 Å². The van der Waals surface area contributed by atoms with E-state index in [-0.39, 0.29) is 0 Å². The van der Waals surface area contributed by atoms with E-state index in [4.69, 9.17) is 0 Å². The quantitative estimate of drug-likeness (QED) is 0.852. The Kier molecular flexibility index (Phi) is 4.97. The van der Waals surface area contributed by atoms with Crippen molar-refractivity contribution in [1.29, 1.82) is 0 Å². The Labute approximate surface area is 116 Å². The minimum Gasteiger partial charge on any atom is -0.341 e. The first kappa shape index (κ1) is 14.1. The Morgan fingerprint density at radius 3 is 2.63 bits per heavy atom. The lowest BCUT2D eigenvalue weighted by Crippen LogP contribution is -2.38. The third kappa shape index (κ3) is 3.80. The molecule has 1 aromatic rings. The van der Waals surface area contributed by atoms with Gasteiger partial charge >= 0.3 is 0 Å². The standard InChI is InChI=1S/C16H24N2O/c1-13(15-7-4-3-5-8-15)14(2)17-10-12-18-11-6-9-16(18)19/h3-5,7-8,13-14,17H,6,9-12H2,1-2H3/t13-,14-/m0/s1. The Bertz CT molecular complexity index is 404. The van der Waals surface area contributed by atoms with Gasteiger partial charge in [0.2, 0.25) is 5.91 Å². The summed E-state index contributed by atoms with van der Waals surface area (Å²) < 4.78 is 0. The topological polar surface area (TPSA) is 32.3 Å². The van der Waals surface area contributed by atoms with Crippen molar-refractivity contribution < 1.29 is 4.79 Å². The van der Waals surface area contributed by atoms with Crippen molar-refractivity contribution in [2.45, 2.75) is 38.6 Å². The monoisotopic (exact) mass is 260 g/mol. The fourth-order valence-electron chi connectivity index (χ4n) is 2.59. The van der Waals surface area contributed by atoms with E-state index >= 15 is 0 Å². The van der Waals surface area contributed by atoms with Gasteiger partial charge in [0.15, 0.2) is 0 Å². The molecule has 0 unspecified atom stereocenters. The number of benzene rings is 1. The lowest BCUT2D eigenvalue weighted by molar-refractivity contribution is -0.127. The van der Waals surface area contributed by atoms with Gasteiger partial charge in [-0.05, 0) is 24.8 Å². The summed E-state index contributed by atoms with van der Waals surface area (Å²) in [6.07, 6.45) is 1.75. The van der Waals surface area contributed by atoms with Crippen LogP contribution < -0.4 is 5.32 Å². The molecule has 3 nitrogen and oxygen atoms in total. The fraction of sp³-hybridized carbons (Fsp3) is 0.562. The minimum atomic E-state index is 0.311. The van der Waals surface area contributed by atoms with Crippen molar-refractivity contribution in [3.05, 3.63) is 35.9 Å². The summed E-state index contributed by atoms with van der Waals surface area (Å²) in [7, 11) is 0. The molecule has 1 aromatic carbocycles. The molecular weight excluding hydrogens is 236 g/mol. The molecule has 19 heavy (non-hydrogen) atoms. The summed E-state index contributed by atoms with van der Waals surface area (Å²) in [4.78, 5) is 13.5. The highest BCUT2D eigenvalue weighted by Gasteiger charge is 2.20. The summed E-state index contributed by atoms with van der Waals surface area (Å²) in [5.41, 5.74) is 1.36. The van der Waals surface area contributed by atoms with Crippen LogP contribution in [0.2, 0.25) is 0 Å². The fourth-order valence-corrected chi connectivity index (χ4v) is 2.59. The van der Waals surface area contributed by atoms with Crippen LogP contribution in [-0.2, 0) is 4.79 Å². The second-order valence-corrected chi connectivity index (χ2v) is 5.43. The summed E-state index contributed by atoms with van der Waals surface area (Å²) in [6, 6.07) is 11.0. The minimum absolute atomic E-state index is 0.311. The molecule has 1 aliphatic rings. The normalized spacial score (nSPS) is 18.6. The van der Waals surface area contributed by atoms with E-state index in [1.54, 1.807) is 0 Å². The Morgan fingerprint density at radius 2 is 2.00 bits per heavy atom. The summed E-state index contributed by atoms with van der Waals surface area (Å²) in [5.74, 6) is 0.793. The largest absolute Gasteiger partial charge is 0.341 e. The molecule has 1 aliphatic heterocycles. The van der Waals surface area contributed by atoms with Crippen LogP contribution in [0.5, 0.6) is 0 Å². The van der Waals surface area contributed by atoms with Crippen molar-refractivity contribution in [2.75, 3.05) is 19.6 Å². The van der Waals surface area contributed by atoms with Crippen molar-refractivity contribution in [2.24, 2.45) is 0 Å². The van der Waals surface area contributed by atoms with Gasteiger partial charge in [0.25, 0.3) is 0 Å². The molecule has 1 N–H and O–H groups in total. The van der Waals surface area contributed by atoms with Crippen LogP contribution in [0.15, 0.2) is 30.3 Å². The van der Waals surface area contributed by atoms with E-state index in [0.29, 0.717) is 17.9 Å².